The van der Waals surface area contributed by atoms with Gasteiger partial charge in [-0.15, -0.1) is 0 Å². The fourth-order valence-corrected chi connectivity index (χ4v) is 5.84. The fraction of sp³-hybridized carbons (Fsp3) is 0.423. The lowest BCUT2D eigenvalue weighted by molar-refractivity contribution is -0.935. The molecule has 4 aromatic heterocycles. The number of ether oxygens (including phenoxy) is 1. The number of aromatic nitrogens is 4. The van der Waals surface area contributed by atoms with Crippen LogP contribution in [0.25, 0.3) is 33.2 Å². The lowest BCUT2D eigenvalue weighted by atomic mass is 9.98. The maximum absolute atomic E-state index is 5.85. The van der Waals surface area contributed by atoms with Crippen molar-refractivity contribution in [2.24, 2.45) is 0 Å². The summed E-state index contributed by atoms with van der Waals surface area (Å²) in [4.78, 5) is 19.6. The van der Waals surface area contributed by atoms with E-state index in [-0.39, 0.29) is 0 Å². The van der Waals surface area contributed by atoms with Crippen molar-refractivity contribution in [1.82, 2.24) is 25.3 Å². The Labute approximate surface area is 199 Å². The van der Waals surface area contributed by atoms with Crippen LogP contribution < -0.4 is 15.0 Å². The van der Waals surface area contributed by atoms with Crippen LogP contribution in [0.1, 0.15) is 12.8 Å². The first-order chi connectivity index (χ1) is 16.7. The lowest BCUT2D eigenvalue weighted by Crippen LogP contribution is -2.63. The van der Waals surface area contributed by atoms with Gasteiger partial charge in [-0.25, -0.2) is 4.98 Å². The van der Waals surface area contributed by atoms with E-state index in [1.165, 1.54) is 30.4 Å². The molecule has 0 aromatic carbocycles. The van der Waals surface area contributed by atoms with E-state index >= 15 is 0 Å². The van der Waals surface area contributed by atoms with Crippen LogP contribution in [0.15, 0.2) is 43.0 Å². The number of pyridine rings is 3. The molecule has 0 spiro atoms. The molecule has 0 atom stereocenters. The van der Waals surface area contributed by atoms with Gasteiger partial charge >= 0.3 is 0 Å². The largest absolute Gasteiger partial charge is 0.493 e. The van der Waals surface area contributed by atoms with Gasteiger partial charge in [0.15, 0.2) is 5.75 Å². The average molecular weight is 459 g/mol. The molecule has 0 unspecified atom stereocenters. The van der Waals surface area contributed by atoms with Crippen LogP contribution in [0.4, 0.5) is 5.69 Å². The number of H-pyrrole nitrogens is 1. The Kier molecular flexibility index (Phi) is 5.34. The first kappa shape index (κ1) is 21.3. The third kappa shape index (κ3) is 3.58. The van der Waals surface area contributed by atoms with Gasteiger partial charge in [0.25, 0.3) is 0 Å². The summed E-state index contributed by atoms with van der Waals surface area (Å²) in [5, 5.41) is 5.75. The number of anilines is 1. The number of methoxy groups -OCH3 is 1. The molecule has 2 fully saturated rings. The summed E-state index contributed by atoms with van der Waals surface area (Å²) in [6.07, 6.45) is 9.76. The van der Waals surface area contributed by atoms with Gasteiger partial charge in [-0.2, -0.15) is 0 Å². The molecule has 0 aliphatic carbocycles. The highest BCUT2D eigenvalue weighted by Crippen LogP contribution is 2.41. The van der Waals surface area contributed by atoms with Gasteiger partial charge in [0.1, 0.15) is 5.65 Å². The minimum absolute atomic E-state index is 0.714. The lowest BCUT2D eigenvalue weighted by Gasteiger charge is -2.47. The van der Waals surface area contributed by atoms with Crippen LogP contribution in [-0.4, -0.2) is 83.9 Å². The molecular formula is C26H32N7O+. The third-order valence-corrected chi connectivity index (χ3v) is 7.88. The van der Waals surface area contributed by atoms with Crippen molar-refractivity contribution in [1.29, 1.82) is 0 Å². The molecule has 8 heteroatoms. The zero-order valence-electron chi connectivity index (χ0n) is 19.9. The molecule has 0 amide bonds. The van der Waals surface area contributed by atoms with Crippen molar-refractivity contribution in [2.45, 2.75) is 18.9 Å². The predicted molar refractivity (Wildman–Crippen MR) is 135 cm³/mol. The van der Waals surface area contributed by atoms with E-state index in [2.05, 4.69) is 43.3 Å². The molecule has 2 saturated heterocycles. The molecule has 176 valence electrons. The van der Waals surface area contributed by atoms with Crippen molar-refractivity contribution in [3.63, 3.8) is 0 Å². The standard InChI is InChI=1S/C26H32N7O/c1-33(12-8-27-9-13-33)19-5-10-32(11-6-19)25-23(34-2)17-30-26-24(25)20-14-21(29-16-22(20)31-26)18-4-3-7-28-15-18/h3-4,7,14-17,19,27H,5-6,8-13H2,1-2H3,(H,30,31)/q+1. The van der Waals surface area contributed by atoms with Gasteiger partial charge in [-0.1, -0.05) is 0 Å². The number of piperazine rings is 1. The molecule has 2 aliphatic heterocycles. The van der Waals surface area contributed by atoms with Crippen LogP contribution in [0.5, 0.6) is 5.75 Å². The number of piperidine rings is 1. The minimum Gasteiger partial charge on any atom is -0.493 e. The Morgan fingerprint density at radius 3 is 2.65 bits per heavy atom. The van der Waals surface area contributed by atoms with E-state index < -0.39 is 0 Å². The van der Waals surface area contributed by atoms with Crippen LogP contribution in [0.3, 0.4) is 0 Å². The van der Waals surface area contributed by atoms with E-state index in [9.17, 15) is 0 Å². The van der Waals surface area contributed by atoms with Gasteiger partial charge in [0.2, 0.25) is 0 Å². The van der Waals surface area contributed by atoms with Crippen molar-refractivity contribution >= 4 is 27.6 Å². The summed E-state index contributed by atoms with van der Waals surface area (Å²) >= 11 is 0. The molecule has 2 N–H and O–H groups in total. The molecule has 2 aliphatic rings. The van der Waals surface area contributed by atoms with Gasteiger partial charge < -0.3 is 24.4 Å². The number of nitrogens with zero attached hydrogens (tertiary/aromatic N) is 5. The van der Waals surface area contributed by atoms with E-state index in [0.717, 1.165) is 70.8 Å². The smallest absolute Gasteiger partial charge is 0.161 e. The Bertz CT molecular complexity index is 1310. The highest BCUT2D eigenvalue weighted by atomic mass is 16.5. The first-order valence-electron chi connectivity index (χ1n) is 12.2. The molecule has 0 radical (unpaired) electrons. The molecule has 0 bridgehead atoms. The number of rotatable bonds is 4. The highest BCUT2D eigenvalue weighted by molar-refractivity contribution is 6.14. The van der Waals surface area contributed by atoms with E-state index in [1.54, 1.807) is 13.3 Å². The number of nitrogens with one attached hydrogen (secondary N) is 2. The summed E-state index contributed by atoms with van der Waals surface area (Å²) in [7, 11) is 4.18. The maximum Gasteiger partial charge on any atom is 0.161 e. The Morgan fingerprint density at radius 2 is 1.91 bits per heavy atom. The van der Waals surface area contributed by atoms with Crippen LogP contribution >= 0.6 is 0 Å². The predicted octanol–water partition coefficient (Wildman–Crippen LogP) is 3.20. The minimum atomic E-state index is 0.714. The topological polar surface area (TPSA) is 79.0 Å². The average Bonchev–Trinajstić information content (AvgIpc) is 3.27. The van der Waals surface area contributed by atoms with Crippen molar-refractivity contribution < 1.29 is 9.22 Å². The zero-order valence-corrected chi connectivity index (χ0v) is 19.9. The van der Waals surface area contributed by atoms with E-state index in [1.807, 2.05) is 30.7 Å². The molecule has 6 heterocycles. The molecular weight excluding hydrogens is 426 g/mol. The first-order valence-corrected chi connectivity index (χ1v) is 12.2. The summed E-state index contributed by atoms with van der Waals surface area (Å²) in [5.41, 5.74) is 4.91. The van der Waals surface area contributed by atoms with Crippen molar-refractivity contribution in [3.05, 3.63) is 43.0 Å². The Morgan fingerprint density at radius 1 is 1.09 bits per heavy atom. The SMILES string of the molecule is COc1cnc2[nH]c3cnc(-c4cccnc4)cc3c2c1N1CCC([N+]2(C)CCNCC2)CC1. The van der Waals surface area contributed by atoms with E-state index in [4.69, 9.17) is 4.74 Å². The maximum atomic E-state index is 5.85. The second-order valence-electron chi connectivity index (χ2n) is 9.78. The number of quaternary nitrogens is 1. The number of fused-ring (bicyclic) bond motifs is 3. The van der Waals surface area contributed by atoms with Crippen LogP contribution in [0.2, 0.25) is 0 Å². The van der Waals surface area contributed by atoms with Gasteiger partial charge in [0.05, 0.1) is 68.0 Å². The summed E-state index contributed by atoms with van der Waals surface area (Å²) < 4.78 is 7.04. The second-order valence-corrected chi connectivity index (χ2v) is 9.78. The summed E-state index contributed by atoms with van der Waals surface area (Å²) in [5.74, 6) is 0.828. The summed E-state index contributed by atoms with van der Waals surface area (Å²) in [6.45, 7) is 6.74. The number of hydrogen-bond donors (Lipinski definition) is 2. The van der Waals surface area contributed by atoms with Gasteiger partial charge in [0, 0.05) is 62.4 Å². The normalized spacial score (nSPS) is 19.1. The number of likely N-dealkylation sites (N-methyl/N-ethyl adjacent to an activating group) is 1. The third-order valence-electron chi connectivity index (χ3n) is 7.88. The van der Waals surface area contributed by atoms with Crippen molar-refractivity contribution in [2.75, 3.05) is 58.3 Å². The Balaban J connectivity index is 1.40. The number of aromatic amines is 1. The Hall–Kier alpha value is -3.23. The van der Waals surface area contributed by atoms with Crippen LogP contribution in [0, 0.1) is 0 Å². The molecule has 34 heavy (non-hydrogen) atoms. The molecule has 0 saturated carbocycles. The molecule has 4 aromatic rings. The van der Waals surface area contributed by atoms with E-state index in [0.29, 0.717) is 6.04 Å². The van der Waals surface area contributed by atoms with Crippen molar-refractivity contribution in [3.8, 4) is 17.0 Å². The fourth-order valence-electron chi connectivity index (χ4n) is 5.84. The quantitative estimate of drug-likeness (QED) is 0.457. The second kappa shape index (κ2) is 8.52. The van der Waals surface area contributed by atoms with Crippen LogP contribution in [-0.2, 0) is 0 Å². The highest BCUT2D eigenvalue weighted by Gasteiger charge is 2.37. The zero-order chi connectivity index (χ0) is 23.1. The monoisotopic (exact) mass is 458 g/mol. The van der Waals surface area contributed by atoms with Gasteiger partial charge in [-0.3, -0.25) is 9.97 Å². The number of hydrogen-bond acceptors (Lipinski definition) is 6. The molecule has 8 nitrogen and oxygen atoms in total. The molecule has 6 rings (SSSR count). The summed E-state index contributed by atoms with van der Waals surface area (Å²) in [6, 6.07) is 6.85. The van der Waals surface area contributed by atoms with Gasteiger partial charge in [-0.05, 0) is 18.2 Å².